The van der Waals surface area contributed by atoms with Crippen LogP contribution in [0, 0.1) is 0 Å². The van der Waals surface area contributed by atoms with Gasteiger partial charge in [0.1, 0.15) is 0 Å². The van der Waals surface area contributed by atoms with Crippen LogP contribution in [0.25, 0.3) is 0 Å². The number of hydroxylamine groups is 1. The fourth-order valence-corrected chi connectivity index (χ4v) is 1.49. The lowest BCUT2D eigenvalue weighted by atomic mass is 10.2. The Labute approximate surface area is 75.0 Å². The van der Waals surface area contributed by atoms with Crippen LogP contribution >= 0.6 is 11.8 Å². The van der Waals surface area contributed by atoms with E-state index in [4.69, 9.17) is 9.94 Å². The molecule has 0 radical (unpaired) electrons. The van der Waals surface area contributed by atoms with Gasteiger partial charge in [-0.3, -0.25) is 4.84 Å². The molecule has 0 bridgehead atoms. The molecule has 1 fully saturated rings. The van der Waals surface area contributed by atoms with Crippen molar-refractivity contribution in [3.8, 4) is 0 Å². The van der Waals surface area contributed by atoms with Gasteiger partial charge in [-0.05, 0) is 12.0 Å². The molecule has 6 heteroatoms. The van der Waals surface area contributed by atoms with Crippen LogP contribution in [0.5, 0.6) is 0 Å². The van der Waals surface area contributed by atoms with Gasteiger partial charge in [0, 0.05) is 6.42 Å². The molecule has 0 spiro atoms. The Morgan fingerprint density at radius 2 is 2.50 bits per heavy atom. The summed E-state index contributed by atoms with van der Waals surface area (Å²) < 4.78 is 0. The Kier molecular flexibility index (Phi) is 2.94. The molecule has 1 aliphatic heterocycles. The van der Waals surface area contributed by atoms with Crippen molar-refractivity contribution in [1.29, 1.82) is 0 Å². The molecule has 1 rings (SSSR count). The van der Waals surface area contributed by atoms with Crippen molar-refractivity contribution < 1.29 is 14.7 Å². The number of carboxylic acids is 1. The van der Waals surface area contributed by atoms with E-state index in [9.17, 15) is 4.79 Å². The summed E-state index contributed by atoms with van der Waals surface area (Å²) in [6.07, 6.45) is 2.48. The molecule has 5 nitrogen and oxygen atoms in total. The molecule has 12 heavy (non-hydrogen) atoms. The van der Waals surface area contributed by atoms with Gasteiger partial charge in [-0.25, -0.2) is 4.79 Å². The minimum atomic E-state index is -0.974. The highest BCUT2D eigenvalue weighted by atomic mass is 32.2. The third-order valence-electron chi connectivity index (χ3n) is 1.79. The molecule has 0 amide bonds. The van der Waals surface area contributed by atoms with Gasteiger partial charge in [0.25, 0.3) is 0 Å². The summed E-state index contributed by atoms with van der Waals surface area (Å²) >= 11 is 1.61. The average Bonchev–Trinajstić information content (AvgIpc) is 2.76. The maximum Gasteiger partial charge on any atom is 0.344 e. The monoisotopic (exact) mass is 192 g/mol. The summed E-state index contributed by atoms with van der Waals surface area (Å²) in [7, 11) is 1.44. The topological polar surface area (TPSA) is 71.5 Å². The van der Waals surface area contributed by atoms with E-state index < -0.39 is 11.6 Å². The third kappa shape index (κ3) is 1.56. The number of thioether (sulfide) groups is 1. The van der Waals surface area contributed by atoms with E-state index in [-0.39, 0.29) is 0 Å². The minimum absolute atomic E-state index is 0.539. The molecule has 1 saturated heterocycles. The van der Waals surface area contributed by atoms with E-state index in [0.717, 1.165) is 5.75 Å². The Morgan fingerprint density at radius 1 is 1.83 bits per heavy atom. The first-order chi connectivity index (χ1) is 5.67. The minimum Gasteiger partial charge on any atom is -0.479 e. The van der Waals surface area contributed by atoms with Crippen molar-refractivity contribution in [1.82, 2.24) is 10.6 Å². The zero-order chi connectivity index (χ0) is 9.19. The summed E-state index contributed by atoms with van der Waals surface area (Å²) in [5.41, 5.74) is 1.69. The van der Waals surface area contributed by atoms with Gasteiger partial charge in [-0.1, -0.05) is 5.17 Å². The van der Waals surface area contributed by atoms with E-state index in [1.165, 1.54) is 12.3 Å². The largest absolute Gasteiger partial charge is 0.479 e. The van der Waals surface area contributed by atoms with E-state index in [1.807, 2.05) is 6.26 Å². The smallest absolute Gasteiger partial charge is 0.344 e. The van der Waals surface area contributed by atoms with Crippen LogP contribution in [0.2, 0.25) is 0 Å². The average molecular weight is 192 g/mol. The van der Waals surface area contributed by atoms with Crippen molar-refractivity contribution in [2.75, 3.05) is 19.1 Å². The second-order valence-corrected chi connectivity index (χ2v) is 3.48. The molecular weight excluding hydrogens is 180 g/mol. The first kappa shape index (κ1) is 9.79. The standard InChI is InChI=1S/C6H12N2O3S/c1-11-8-6(7-8,5(9)10)3-4-12-2/h7H,3-4H2,1-2H3,(H,9,10)/t6-,8?/m1/s1. The molecule has 1 aliphatic rings. The highest BCUT2D eigenvalue weighted by molar-refractivity contribution is 7.98. The van der Waals surface area contributed by atoms with Crippen LogP contribution < -0.4 is 5.43 Å². The zero-order valence-corrected chi connectivity index (χ0v) is 7.85. The van der Waals surface area contributed by atoms with E-state index in [0.29, 0.717) is 6.42 Å². The zero-order valence-electron chi connectivity index (χ0n) is 7.03. The van der Waals surface area contributed by atoms with Crippen molar-refractivity contribution in [2.45, 2.75) is 12.1 Å². The van der Waals surface area contributed by atoms with Crippen molar-refractivity contribution in [3.63, 3.8) is 0 Å². The van der Waals surface area contributed by atoms with Gasteiger partial charge >= 0.3 is 5.97 Å². The van der Waals surface area contributed by atoms with Crippen LogP contribution in [-0.4, -0.2) is 41.0 Å². The van der Waals surface area contributed by atoms with Crippen LogP contribution in [-0.2, 0) is 9.63 Å². The lowest BCUT2D eigenvalue weighted by molar-refractivity contribution is -0.149. The quantitative estimate of drug-likeness (QED) is 0.593. The molecule has 1 heterocycles. The predicted molar refractivity (Wildman–Crippen MR) is 45.3 cm³/mol. The Morgan fingerprint density at radius 3 is 2.83 bits per heavy atom. The predicted octanol–water partition coefficient (Wildman–Crippen LogP) is -0.0980. The molecule has 0 aromatic heterocycles. The molecule has 0 aliphatic carbocycles. The van der Waals surface area contributed by atoms with E-state index >= 15 is 0 Å². The number of carboxylic acid groups (broad SMARTS) is 1. The summed E-state index contributed by atoms with van der Waals surface area (Å²) in [5.74, 6) is -0.0995. The summed E-state index contributed by atoms with van der Waals surface area (Å²) in [6.45, 7) is 0. The summed E-state index contributed by atoms with van der Waals surface area (Å²) in [4.78, 5) is 15.5. The molecule has 70 valence electrons. The first-order valence-corrected chi connectivity index (χ1v) is 4.91. The van der Waals surface area contributed by atoms with Crippen LogP contribution in [0.1, 0.15) is 6.42 Å². The van der Waals surface area contributed by atoms with Crippen LogP contribution in [0.3, 0.4) is 0 Å². The van der Waals surface area contributed by atoms with Crippen molar-refractivity contribution in [2.24, 2.45) is 0 Å². The van der Waals surface area contributed by atoms with Gasteiger partial charge in [0.05, 0.1) is 7.11 Å². The van der Waals surface area contributed by atoms with Crippen LogP contribution in [0.15, 0.2) is 0 Å². The molecular formula is C6H12N2O3S. The molecule has 0 aromatic carbocycles. The number of rotatable bonds is 5. The molecule has 0 saturated carbocycles. The number of hydrogen-bond acceptors (Lipinski definition) is 5. The second kappa shape index (κ2) is 3.61. The number of nitrogens with one attached hydrogen (secondary N) is 1. The van der Waals surface area contributed by atoms with Gasteiger partial charge in [-0.2, -0.15) is 17.2 Å². The Hall–Kier alpha value is -0.300. The Bertz CT molecular complexity index is 190. The van der Waals surface area contributed by atoms with Gasteiger partial charge < -0.3 is 5.11 Å². The van der Waals surface area contributed by atoms with Crippen LogP contribution in [0.4, 0.5) is 0 Å². The van der Waals surface area contributed by atoms with Gasteiger partial charge in [0.2, 0.25) is 5.66 Å². The number of carbonyl (C=O) groups is 1. The first-order valence-electron chi connectivity index (χ1n) is 3.52. The maximum absolute atomic E-state index is 10.8. The lowest BCUT2D eigenvalue weighted by Gasteiger charge is -2.06. The lowest BCUT2D eigenvalue weighted by Crippen LogP contribution is -2.31. The summed E-state index contributed by atoms with van der Waals surface area (Å²) in [6, 6.07) is 0. The second-order valence-electron chi connectivity index (χ2n) is 2.50. The highest BCUT2D eigenvalue weighted by Crippen LogP contribution is 2.29. The molecule has 0 aromatic rings. The SMILES string of the molecule is CON1N[C@@]1(CCSC)C(=O)O. The number of aliphatic carboxylic acids is 1. The van der Waals surface area contributed by atoms with Gasteiger partial charge in [-0.15, -0.1) is 0 Å². The maximum atomic E-state index is 10.8. The Balaban J connectivity index is 2.47. The summed E-state index contributed by atoms with van der Waals surface area (Å²) in [5, 5.41) is 10.1. The van der Waals surface area contributed by atoms with E-state index in [2.05, 4.69) is 5.43 Å². The van der Waals surface area contributed by atoms with Crippen molar-refractivity contribution >= 4 is 17.7 Å². The molecule has 2 atom stereocenters. The molecule has 1 unspecified atom stereocenters. The number of hydrazine groups is 1. The fraction of sp³-hybridized carbons (Fsp3) is 0.833. The third-order valence-corrected chi connectivity index (χ3v) is 2.40. The fourth-order valence-electron chi connectivity index (χ4n) is 0.993. The van der Waals surface area contributed by atoms with Gasteiger partial charge in [0.15, 0.2) is 0 Å². The van der Waals surface area contributed by atoms with Crippen molar-refractivity contribution in [3.05, 3.63) is 0 Å². The number of hydrogen-bond donors (Lipinski definition) is 2. The molecule has 2 N–H and O–H groups in total. The highest BCUT2D eigenvalue weighted by Gasteiger charge is 2.59. The number of nitrogens with zero attached hydrogens (tertiary/aromatic N) is 1. The normalized spacial score (nSPS) is 33.3. The van der Waals surface area contributed by atoms with E-state index in [1.54, 1.807) is 11.8 Å².